The van der Waals surface area contributed by atoms with Crippen LogP contribution in [0, 0.1) is 56.7 Å². The number of methoxy groups -OCH3 is 1. The molecule has 1 aromatic rings. The van der Waals surface area contributed by atoms with Gasteiger partial charge in [0.2, 0.25) is 0 Å². The van der Waals surface area contributed by atoms with Crippen molar-refractivity contribution in [3.8, 4) is 11.5 Å². The Morgan fingerprint density at radius 2 is 1.72 bits per heavy atom. The molecular formula is C40H56O7. The molecule has 0 bridgehead atoms. The predicted octanol–water partition coefficient (Wildman–Crippen LogP) is 8.04. The Hall–Kier alpha value is -2.80. The minimum atomic E-state index is -0.787. The highest BCUT2D eigenvalue weighted by atomic mass is 16.5. The Morgan fingerprint density at radius 3 is 2.43 bits per heavy atom. The molecule has 47 heavy (non-hydrogen) atoms. The number of aliphatic hydroxyl groups is 1. The molecule has 7 heteroatoms. The molecule has 0 spiro atoms. The number of phenolic OH excluding ortho intramolecular Hbond substituents is 1. The number of fused-ring (bicyclic) bond motifs is 7. The summed E-state index contributed by atoms with van der Waals surface area (Å²) < 4.78 is 11.5. The zero-order valence-corrected chi connectivity index (χ0v) is 29.5. The molecule has 0 amide bonds. The van der Waals surface area contributed by atoms with Gasteiger partial charge in [-0.25, -0.2) is 4.79 Å². The number of carboxylic acid groups (broad SMARTS) is 1. The standard InChI is InChI=1S/C40H56O7/c1-24-14-19-39(35(44)45)20-21-40(23-47-33(43)13-9-26-8-11-28(41)29(22-26)46-7)27(34(39)25(24)2)10-12-31-37(5)17-16-32(42)36(3,4)30(37)15-18-38(31,40)6/h8-11,13,22,24-25,30-32,34,41-42H,12,14-21,23H2,1-7H3,(H,44,45)/b13-9-/t24-,25-,30+,31+,32-,34-,37-,38+,39-,40-/m0/s1. The van der Waals surface area contributed by atoms with Crippen molar-refractivity contribution in [3.05, 3.63) is 41.5 Å². The van der Waals surface area contributed by atoms with Gasteiger partial charge in [0.15, 0.2) is 11.5 Å². The number of benzene rings is 1. The monoisotopic (exact) mass is 648 g/mol. The van der Waals surface area contributed by atoms with Crippen LogP contribution in [0.25, 0.3) is 6.08 Å². The van der Waals surface area contributed by atoms with Crippen molar-refractivity contribution in [2.24, 2.45) is 56.7 Å². The highest BCUT2D eigenvalue weighted by Gasteiger charge is 2.71. The first-order valence-corrected chi connectivity index (χ1v) is 17.9. The van der Waals surface area contributed by atoms with Gasteiger partial charge >= 0.3 is 11.9 Å². The molecule has 5 aliphatic carbocycles. The van der Waals surface area contributed by atoms with Gasteiger partial charge in [-0.1, -0.05) is 59.3 Å². The molecule has 7 nitrogen and oxygen atoms in total. The first-order valence-electron chi connectivity index (χ1n) is 17.9. The SMILES string of the molecule is COc1cc(/C=C\C(=O)OC[C@@]23CC[C@@]4(C(=O)O)CC[C@H](C)[C@H](C)[C@H]4C2=CC[C@@H]2[C@@]4(C)CC[C@H](O)C(C)(C)[C@H]4CC[C@]23C)ccc1O. The van der Waals surface area contributed by atoms with E-state index < -0.39 is 22.8 Å². The van der Waals surface area contributed by atoms with Crippen LogP contribution in [0.1, 0.15) is 105 Å². The Bertz CT molecular complexity index is 1480. The summed E-state index contributed by atoms with van der Waals surface area (Å²) in [4.78, 5) is 26.7. The Morgan fingerprint density at radius 1 is 0.979 bits per heavy atom. The quantitative estimate of drug-likeness (QED) is 0.163. The molecule has 0 aliphatic heterocycles. The van der Waals surface area contributed by atoms with Crippen LogP contribution in [0.15, 0.2) is 35.9 Å². The van der Waals surface area contributed by atoms with Crippen LogP contribution < -0.4 is 4.74 Å². The number of aromatic hydroxyl groups is 1. The Labute approximate surface area is 280 Å². The number of rotatable bonds is 6. The first kappa shape index (κ1) is 34.1. The number of aliphatic hydroxyl groups excluding tert-OH is 1. The lowest BCUT2D eigenvalue weighted by Crippen LogP contribution is -2.67. The molecule has 0 saturated heterocycles. The van der Waals surface area contributed by atoms with Crippen molar-refractivity contribution in [2.45, 2.75) is 105 Å². The number of allylic oxidation sites excluding steroid dienone is 1. The number of carboxylic acids is 1. The van der Waals surface area contributed by atoms with Gasteiger partial charge in [0.05, 0.1) is 18.6 Å². The van der Waals surface area contributed by atoms with Crippen LogP contribution in [0.4, 0.5) is 0 Å². The lowest BCUT2D eigenvalue weighted by molar-refractivity contribution is -0.218. The van der Waals surface area contributed by atoms with Crippen LogP contribution in [-0.2, 0) is 14.3 Å². The van der Waals surface area contributed by atoms with E-state index in [1.807, 2.05) is 0 Å². The van der Waals surface area contributed by atoms with Gasteiger partial charge in [-0.15, -0.1) is 0 Å². The number of ether oxygens (including phenoxy) is 2. The Balaban J connectivity index is 1.40. The van der Waals surface area contributed by atoms with Gasteiger partial charge in [0, 0.05) is 11.5 Å². The van der Waals surface area contributed by atoms with Gasteiger partial charge in [0.25, 0.3) is 0 Å². The van der Waals surface area contributed by atoms with E-state index in [2.05, 4.69) is 47.6 Å². The van der Waals surface area contributed by atoms with E-state index in [4.69, 9.17) is 9.47 Å². The van der Waals surface area contributed by atoms with E-state index >= 15 is 0 Å². The third-order valence-corrected chi connectivity index (χ3v) is 15.1. The number of hydrogen-bond donors (Lipinski definition) is 3. The fourth-order valence-electron chi connectivity index (χ4n) is 12.2. The van der Waals surface area contributed by atoms with Gasteiger partial charge in [-0.05, 0) is 127 Å². The molecular weight excluding hydrogens is 592 g/mol. The average molecular weight is 649 g/mol. The second-order valence-electron chi connectivity index (χ2n) is 17.1. The molecule has 6 rings (SSSR count). The normalized spacial score (nSPS) is 42.3. The molecule has 3 N–H and O–H groups in total. The van der Waals surface area contributed by atoms with Gasteiger partial charge in [0.1, 0.15) is 6.61 Å². The number of carbonyl (C=O) groups is 2. The maximum atomic E-state index is 13.5. The third-order valence-electron chi connectivity index (χ3n) is 15.1. The van der Waals surface area contributed by atoms with Crippen LogP contribution in [-0.4, -0.2) is 47.1 Å². The Kier molecular flexibility index (Phi) is 8.46. The third kappa shape index (κ3) is 4.91. The van der Waals surface area contributed by atoms with Gasteiger partial charge in [-0.2, -0.15) is 0 Å². The number of carbonyl (C=O) groups excluding carboxylic acids is 1. The van der Waals surface area contributed by atoms with Gasteiger partial charge < -0.3 is 24.8 Å². The van der Waals surface area contributed by atoms with Crippen molar-refractivity contribution in [1.29, 1.82) is 0 Å². The molecule has 4 saturated carbocycles. The van der Waals surface area contributed by atoms with Crippen molar-refractivity contribution in [2.75, 3.05) is 13.7 Å². The minimum absolute atomic E-state index is 0.0133. The summed E-state index contributed by atoms with van der Waals surface area (Å²) in [5.74, 6) is 0.499. The molecule has 0 heterocycles. The molecule has 10 atom stereocenters. The summed E-state index contributed by atoms with van der Waals surface area (Å²) in [7, 11) is 1.49. The number of aliphatic carboxylic acids is 1. The first-order chi connectivity index (χ1) is 22.1. The van der Waals surface area contributed by atoms with E-state index in [9.17, 15) is 24.9 Å². The summed E-state index contributed by atoms with van der Waals surface area (Å²) in [6, 6.07) is 4.92. The maximum absolute atomic E-state index is 13.5. The second kappa shape index (κ2) is 11.7. The zero-order valence-electron chi connectivity index (χ0n) is 29.5. The predicted molar refractivity (Wildman–Crippen MR) is 182 cm³/mol. The summed E-state index contributed by atoms with van der Waals surface area (Å²) in [5.41, 5.74) is 0.329. The lowest BCUT2D eigenvalue weighted by atomic mass is 9.33. The van der Waals surface area contributed by atoms with Crippen LogP contribution in [0.3, 0.4) is 0 Å². The molecule has 0 radical (unpaired) electrons. The minimum Gasteiger partial charge on any atom is -0.504 e. The van der Waals surface area contributed by atoms with E-state index in [1.165, 1.54) is 24.8 Å². The zero-order chi connectivity index (χ0) is 34.2. The fraction of sp³-hybridized carbons (Fsp3) is 0.700. The second-order valence-corrected chi connectivity index (χ2v) is 17.1. The summed E-state index contributed by atoms with van der Waals surface area (Å²) in [6.45, 7) is 14.1. The van der Waals surface area contributed by atoms with Crippen LogP contribution >= 0.6 is 0 Å². The maximum Gasteiger partial charge on any atom is 0.330 e. The lowest BCUT2D eigenvalue weighted by Gasteiger charge is -2.71. The molecule has 0 unspecified atom stereocenters. The van der Waals surface area contributed by atoms with E-state index in [0.717, 1.165) is 38.5 Å². The van der Waals surface area contributed by atoms with E-state index in [-0.39, 0.29) is 46.5 Å². The highest BCUT2D eigenvalue weighted by Crippen LogP contribution is 2.76. The molecule has 1 aromatic carbocycles. The van der Waals surface area contributed by atoms with Crippen molar-refractivity contribution < 1.29 is 34.4 Å². The van der Waals surface area contributed by atoms with E-state index in [0.29, 0.717) is 48.3 Å². The van der Waals surface area contributed by atoms with E-state index in [1.54, 1.807) is 18.2 Å². The van der Waals surface area contributed by atoms with Crippen molar-refractivity contribution in [1.82, 2.24) is 0 Å². The number of esters is 1. The van der Waals surface area contributed by atoms with Crippen LogP contribution in [0.5, 0.6) is 11.5 Å². The van der Waals surface area contributed by atoms with Crippen LogP contribution in [0.2, 0.25) is 0 Å². The fourth-order valence-corrected chi connectivity index (χ4v) is 12.2. The summed E-state index contributed by atoms with van der Waals surface area (Å²) in [5, 5.41) is 32.0. The summed E-state index contributed by atoms with van der Waals surface area (Å²) in [6.07, 6.45) is 12.7. The van der Waals surface area contributed by atoms with Crippen molar-refractivity contribution in [3.63, 3.8) is 0 Å². The summed E-state index contributed by atoms with van der Waals surface area (Å²) >= 11 is 0. The molecule has 5 aliphatic rings. The van der Waals surface area contributed by atoms with Gasteiger partial charge in [-0.3, -0.25) is 4.79 Å². The number of hydrogen-bond acceptors (Lipinski definition) is 6. The average Bonchev–Trinajstić information content (AvgIpc) is 3.03. The molecule has 258 valence electrons. The smallest absolute Gasteiger partial charge is 0.330 e. The molecule has 4 fully saturated rings. The largest absolute Gasteiger partial charge is 0.504 e. The topological polar surface area (TPSA) is 113 Å². The molecule has 0 aromatic heterocycles. The highest BCUT2D eigenvalue weighted by molar-refractivity contribution is 5.87. The number of phenols is 1. The van der Waals surface area contributed by atoms with Crippen molar-refractivity contribution >= 4 is 18.0 Å².